The normalized spacial score (nSPS) is 15.2. The van der Waals surface area contributed by atoms with Crippen LogP contribution in [0.4, 0.5) is 0 Å². The largest absolute Gasteiger partial charge is 0.395 e. The fourth-order valence-electron chi connectivity index (χ4n) is 1.67. The zero-order valence-corrected chi connectivity index (χ0v) is 14.4. The van der Waals surface area contributed by atoms with Gasteiger partial charge in [-0.25, -0.2) is 13.1 Å². The summed E-state index contributed by atoms with van der Waals surface area (Å²) in [6.07, 6.45) is 0. The van der Waals surface area contributed by atoms with Crippen LogP contribution in [0.3, 0.4) is 0 Å². The first-order valence-corrected chi connectivity index (χ1v) is 8.57. The van der Waals surface area contributed by atoms with E-state index in [0.717, 1.165) is 0 Å². The predicted octanol–water partition coefficient (Wildman–Crippen LogP) is 1.80. The first kappa shape index (κ1) is 18.1. The van der Waals surface area contributed by atoms with Crippen molar-refractivity contribution in [3.05, 3.63) is 17.5 Å². The van der Waals surface area contributed by atoms with E-state index in [1.165, 1.54) is 0 Å². The highest BCUT2D eigenvalue weighted by molar-refractivity contribution is 7.88. The number of nitrogens with zero attached hydrogens (tertiary/aromatic N) is 1. The maximum atomic E-state index is 12.2. The number of hydrogen-bond donors (Lipinski definition) is 2. The molecule has 1 aromatic rings. The molecule has 0 bridgehead atoms. The van der Waals surface area contributed by atoms with Crippen molar-refractivity contribution in [1.82, 2.24) is 9.88 Å². The Morgan fingerprint density at radius 1 is 1.29 bits per heavy atom. The van der Waals surface area contributed by atoms with Gasteiger partial charge in [0.2, 0.25) is 10.0 Å². The third-order valence-electron chi connectivity index (χ3n) is 3.19. The lowest BCUT2D eigenvalue weighted by Gasteiger charge is -2.29. The van der Waals surface area contributed by atoms with Gasteiger partial charge in [-0.15, -0.1) is 0 Å². The summed E-state index contributed by atoms with van der Waals surface area (Å²) in [6.45, 7) is 11.2. The lowest BCUT2D eigenvalue weighted by Crippen LogP contribution is -2.46. The van der Waals surface area contributed by atoms with Crippen molar-refractivity contribution >= 4 is 10.0 Å². The molecule has 0 spiro atoms. The fraction of sp³-hybridized carbons (Fsp3) is 0.786. The Kier molecular flexibility index (Phi) is 5.23. The second-order valence-electron chi connectivity index (χ2n) is 7.41. The van der Waals surface area contributed by atoms with Gasteiger partial charge in [-0.2, -0.15) is 0 Å². The molecule has 1 rings (SSSR count). The summed E-state index contributed by atoms with van der Waals surface area (Å²) in [6, 6.07) is 1.11. The topological polar surface area (TPSA) is 92.4 Å². The summed E-state index contributed by atoms with van der Waals surface area (Å²) in [5.74, 6) is 0.376. The molecule has 0 aliphatic heterocycles. The van der Waals surface area contributed by atoms with Crippen molar-refractivity contribution in [2.45, 2.75) is 58.8 Å². The molecular formula is C14H26N2O4S. The Hall–Kier alpha value is -0.920. The van der Waals surface area contributed by atoms with Crippen molar-refractivity contribution in [1.29, 1.82) is 0 Å². The Balaban J connectivity index is 2.84. The Labute approximate surface area is 127 Å². The van der Waals surface area contributed by atoms with Crippen molar-refractivity contribution in [3.8, 4) is 0 Å². The van der Waals surface area contributed by atoms with E-state index in [0.29, 0.717) is 11.5 Å². The van der Waals surface area contributed by atoms with Gasteiger partial charge in [-0.3, -0.25) is 0 Å². The van der Waals surface area contributed by atoms with Crippen LogP contribution in [0.15, 0.2) is 10.6 Å². The summed E-state index contributed by atoms with van der Waals surface area (Å²) in [5, 5.41) is 13.1. The number of aliphatic hydroxyl groups is 1. The average molecular weight is 318 g/mol. The number of aliphatic hydroxyl groups excluding tert-OH is 1. The van der Waals surface area contributed by atoms with Gasteiger partial charge in [0.15, 0.2) is 0 Å². The summed E-state index contributed by atoms with van der Waals surface area (Å²) in [4.78, 5) is 0. The van der Waals surface area contributed by atoms with Gasteiger partial charge < -0.3 is 9.63 Å². The average Bonchev–Trinajstić information content (AvgIpc) is 2.71. The van der Waals surface area contributed by atoms with Gasteiger partial charge in [0, 0.05) is 17.5 Å². The van der Waals surface area contributed by atoms with E-state index in [4.69, 9.17) is 4.52 Å². The standard InChI is InChI=1S/C14H26N2O4S/c1-13(2,3)11(8-17)16-21(18,19)9-10-7-12(20-15-10)14(4,5)6/h7,11,16-17H,8-9H2,1-6H3/t11-/m1/s1. The van der Waals surface area contributed by atoms with E-state index < -0.39 is 16.1 Å². The molecule has 1 heterocycles. The third kappa shape index (κ3) is 5.41. The molecule has 0 saturated heterocycles. The summed E-state index contributed by atoms with van der Waals surface area (Å²) in [7, 11) is -3.59. The smallest absolute Gasteiger partial charge is 0.217 e. The summed E-state index contributed by atoms with van der Waals surface area (Å²) >= 11 is 0. The maximum absolute atomic E-state index is 12.2. The number of nitrogens with one attached hydrogen (secondary N) is 1. The lowest BCUT2D eigenvalue weighted by molar-refractivity contribution is 0.177. The lowest BCUT2D eigenvalue weighted by atomic mass is 9.88. The Morgan fingerprint density at radius 3 is 2.24 bits per heavy atom. The van der Waals surface area contributed by atoms with Crippen LogP contribution in [0.2, 0.25) is 0 Å². The first-order valence-electron chi connectivity index (χ1n) is 6.92. The molecule has 6 nitrogen and oxygen atoms in total. The van der Waals surface area contributed by atoms with E-state index in [1.807, 2.05) is 41.5 Å². The molecule has 0 aliphatic carbocycles. The number of aromatic nitrogens is 1. The zero-order valence-electron chi connectivity index (χ0n) is 13.6. The number of rotatable bonds is 5. The van der Waals surface area contributed by atoms with Crippen LogP contribution in [0.5, 0.6) is 0 Å². The summed E-state index contributed by atoms with van der Waals surface area (Å²) < 4.78 is 32.0. The predicted molar refractivity (Wildman–Crippen MR) is 81.3 cm³/mol. The fourth-order valence-corrected chi connectivity index (χ4v) is 3.14. The summed E-state index contributed by atoms with van der Waals surface area (Å²) in [5.41, 5.74) is -0.234. The van der Waals surface area contributed by atoms with E-state index in [-0.39, 0.29) is 23.2 Å². The van der Waals surface area contributed by atoms with Gasteiger partial charge in [-0.05, 0) is 5.41 Å². The van der Waals surface area contributed by atoms with Crippen LogP contribution < -0.4 is 4.72 Å². The number of hydrogen-bond acceptors (Lipinski definition) is 5. The van der Waals surface area contributed by atoms with Crippen LogP contribution in [0.1, 0.15) is 53.0 Å². The van der Waals surface area contributed by atoms with E-state index in [9.17, 15) is 13.5 Å². The van der Waals surface area contributed by atoms with E-state index in [1.54, 1.807) is 6.07 Å². The highest BCUT2D eigenvalue weighted by Crippen LogP contribution is 2.24. The van der Waals surface area contributed by atoms with Gasteiger partial charge in [-0.1, -0.05) is 46.7 Å². The van der Waals surface area contributed by atoms with Gasteiger partial charge in [0.05, 0.1) is 6.61 Å². The van der Waals surface area contributed by atoms with Crippen molar-refractivity contribution < 1.29 is 18.0 Å². The van der Waals surface area contributed by atoms with Gasteiger partial charge >= 0.3 is 0 Å². The molecule has 0 aliphatic rings. The van der Waals surface area contributed by atoms with Crippen molar-refractivity contribution in [2.75, 3.05) is 6.61 Å². The zero-order chi connectivity index (χ0) is 16.5. The molecular weight excluding hydrogens is 292 g/mol. The van der Waals surface area contributed by atoms with E-state index in [2.05, 4.69) is 9.88 Å². The second kappa shape index (κ2) is 6.06. The quantitative estimate of drug-likeness (QED) is 0.863. The van der Waals surface area contributed by atoms with Crippen molar-refractivity contribution in [2.24, 2.45) is 5.41 Å². The molecule has 122 valence electrons. The molecule has 0 saturated carbocycles. The molecule has 0 fully saturated rings. The van der Waals surface area contributed by atoms with Gasteiger partial charge in [0.25, 0.3) is 0 Å². The van der Waals surface area contributed by atoms with Crippen LogP contribution >= 0.6 is 0 Å². The van der Waals surface area contributed by atoms with Crippen molar-refractivity contribution in [3.63, 3.8) is 0 Å². The molecule has 7 heteroatoms. The molecule has 0 unspecified atom stereocenters. The highest BCUT2D eigenvalue weighted by Gasteiger charge is 2.29. The Bertz CT molecular complexity index is 565. The number of sulfonamides is 1. The van der Waals surface area contributed by atoms with E-state index >= 15 is 0 Å². The molecule has 1 aromatic heterocycles. The monoisotopic (exact) mass is 318 g/mol. The second-order valence-corrected chi connectivity index (χ2v) is 9.16. The highest BCUT2D eigenvalue weighted by atomic mass is 32.2. The molecule has 0 radical (unpaired) electrons. The minimum absolute atomic E-state index is 0.221. The third-order valence-corrected chi connectivity index (χ3v) is 4.51. The first-order chi connectivity index (χ1) is 9.35. The molecule has 0 aromatic carbocycles. The minimum Gasteiger partial charge on any atom is -0.395 e. The van der Waals surface area contributed by atoms with Crippen LogP contribution in [-0.4, -0.2) is 31.3 Å². The molecule has 2 N–H and O–H groups in total. The molecule has 21 heavy (non-hydrogen) atoms. The SMILES string of the molecule is CC(C)(C)c1cc(CS(=O)(=O)N[C@H](CO)C(C)(C)C)no1. The van der Waals surface area contributed by atoms with Crippen LogP contribution in [0.25, 0.3) is 0 Å². The maximum Gasteiger partial charge on any atom is 0.217 e. The minimum atomic E-state index is -3.59. The molecule has 1 atom stereocenters. The van der Waals surface area contributed by atoms with Crippen LogP contribution in [-0.2, 0) is 21.2 Å². The van der Waals surface area contributed by atoms with Crippen LogP contribution in [0, 0.1) is 5.41 Å². The van der Waals surface area contributed by atoms with Gasteiger partial charge in [0.1, 0.15) is 17.2 Å². The molecule has 0 amide bonds. The Morgan fingerprint density at radius 2 is 1.86 bits per heavy atom.